The molecule has 0 aliphatic heterocycles. The Hall–Kier alpha value is -1.74. The summed E-state index contributed by atoms with van der Waals surface area (Å²) in [4.78, 5) is 11.7. The monoisotopic (exact) mass is 267 g/mol. The van der Waals surface area contributed by atoms with Crippen LogP contribution in [0.2, 0.25) is 0 Å². The summed E-state index contributed by atoms with van der Waals surface area (Å²) in [5.41, 5.74) is 6.30. The van der Waals surface area contributed by atoms with Crippen LogP contribution in [0.4, 0.5) is 10.7 Å². The lowest BCUT2D eigenvalue weighted by Crippen LogP contribution is -2.02. The molecular formula is C12H17N3O2S. The van der Waals surface area contributed by atoms with Crippen molar-refractivity contribution < 1.29 is 9.53 Å². The number of unbranched alkanes of at least 4 members (excludes halogenated alkanes) is 2. The smallest absolute Gasteiger partial charge is 0.350 e. The summed E-state index contributed by atoms with van der Waals surface area (Å²) in [7, 11) is 1.29. The van der Waals surface area contributed by atoms with Crippen LogP contribution < -0.4 is 11.1 Å². The van der Waals surface area contributed by atoms with Gasteiger partial charge in [0.15, 0.2) is 0 Å². The molecule has 0 atom stereocenters. The van der Waals surface area contributed by atoms with Crippen molar-refractivity contribution in [3.8, 4) is 6.07 Å². The molecule has 6 heteroatoms. The standard InChI is InChI=1S/C12H17N3O2S/c1-3-4-5-6-15-11-8(7-13)9(14)10(18-11)12(16)17-2/h15H,3-6,14H2,1-2H3. The Kier molecular flexibility index (Phi) is 5.46. The second-order valence-corrected chi connectivity index (χ2v) is 4.81. The van der Waals surface area contributed by atoms with Gasteiger partial charge in [0.1, 0.15) is 21.5 Å². The molecule has 0 amide bonds. The van der Waals surface area contributed by atoms with E-state index in [9.17, 15) is 4.79 Å². The zero-order chi connectivity index (χ0) is 13.5. The highest BCUT2D eigenvalue weighted by atomic mass is 32.1. The lowest BCUT2D eigenvalue weighted by Gasteiger charge is -2.02. The summed E-state index contributed by atoms with van der Waals surface area (Å²) in [5, 5.41) is 12.8. The van der Waals surface area contributed by atoms with Crippen molar-refractivity contribution >= 4 is 28.0 Å². The number of carbonyl (C=O) groups excluding carboxylic acids is 1. The van der Waals surface area contributed by atoms with E-state index in [0.29, 0.717) is 10.6 Å². The number of esters is 1. The molecule has 0 saturated carbocycles. The molecule has 1 aromatic rings. The van der Waals surface area contributed by atoms with Gasteiger partial charge in [0.05, 0.1) is 12.8 Å². The fourth-order valence-corrected chi connectivity index (χ4v) is 2.52. The number of anilines is 2. The maximum Gasteiger partial charge on any atom is 0.350 e. The van der Waals surface area contributed by atoms with E-state index >= 15 is 0 Å². The van der Waals surface area contributed by atoms with Crippen LogP contribution in [-0.2, 0) is 4.74 Å². The third-order valence-electron chi connectivity index (χ3n) is 2.49. The minimum absolute atomic E-state index is 0.201. The molecule has 0 aromatic carbocycles. The SMILES string of the molecule is CCCCCNc1sc(C(=O)OC)c(N)c1C#N. The summed E-state index contributed by atoms with van der Waals surface area (Å²) in [6.45, 7) is 2.89. The lowest BCUT2D eigenvalue weighted by atomic mass is 10.2. The van der Waals surface area contributed by atoms with Crippen molar-refractivity contribution in [2.75, 3.05) is 24.7 Å². The summed E-state index contributed by atoms with van der Waals surface area (Å²) in [5.74, 6) is -0.504. The highest BCUT2D eigenvalue weighted by Gasteiger charge is 2.21. The normalized spacial score (nSPS) is 9.83. The van der Waals surface area contributed by atoms with E-state index in [1.807, 2.05) is 6.07 Å². The van der Waals surface area contributed by atoms with Crippen LogP contribution in [0.25, 0.3) is 0 Å². The molecule has 1 aromatic heterocycles. The van der Waals surface area contributed by atoms with Crippen LogP contribution >= 0.6 is 11.3 Å². The molecule has 0 spiro atoms. The van der Waals surface area contributed by atoms with E-state index in [4.69, 9.17) is 11.0 Å². The molecule has 0 aliphatic rings. The molecule has 18 heavy (non-hydrogen) atoms. The number of nitrogens with zero attached hydrogens (tertiary/aromatic N) is 1. The minimum atomic E-state index is -0.504. The number of nitriles is 1. The van der Waals surface area contributed by atoms with Crippen LogP contribution in [0.3, 0.4) is 0 Å². The summed E-state index contributed by atoms with van der Waals surface area (Å²) >= 11 is 1.17. The highest BCUT2D eigenvalue weighted by molar-refractivity contribution is 7.18. The number of nitrogens with two attached hydrogens (primary N) is 1. The number of rotatable bonds is 6. The molecule has 3 N–H and O–H groups in total. The second-order valence-electron chi connectivity index (χ2n) is 3.79. The summed E-state index contributed by atoms with van der Waals surface area (Å²) in [6.07, 6.45) is 3.28. The third kappa shape index (κ3) is 3.14. The van der Waals surface area contributed by atoms with Crippen LogP contribution in [0.5, 0.6) is 0 Å². The molecule has 1 rings (SSSR count). The Morgan fingerprint density at radius 2 is 2.28 bits per heavy atom. The summed E-state index contributed by atoms with van der Waals surface area (Å²) < 4.78 is 4.63. The van der Waals surface area contributed by atoms with Gasteiger partial charge in [0.25, 0.3) is 0 Å². The van der Waals surface area contributed by atoms with Gasteiger partial charge < -0.3 is 15.8 Å². The number of nitrogens with one attached hydrogen (secondary N) is 1. The number of carbonyl (C=O) groups is 1. The first-order valence-corrected chi connectivity index (χ1v) is 6.61. The third-order valence-corrected chi connectivity index (χ3v) is 3.64. The van der Waals surface area contributed by atoms with E-state index < -0.39 is 5.97 Å². The maximum absolute atomic E-state index is 11.5. The number of ether oxygens (including phenoxy) is 1. The Labute approximate surface area is 111 Å². The van der Waals surface area contributed by atoms with Crippen LogP contribution in [-0.4, -0.2) is 19.6 Å². The second kappa shape index (κ2) is 6.87. The largest absolute Gasteiger partial charge is 0.465 e. The fourth-order valence-electron chi connectivity index (χ4n) is 1.50. The van der Waals surface area contributed by atoms with Gasteiger partial charge in [-0.15, -0.1) is 11.3 Å². The minimum Gasteiger partial charge on any atom is -0.465 e. The van der Waals surface area contributed by atoms with Gasteiger partial charge in [-0.2, -0.15) is 5.26 Å². The quantitative estimate of drug-likeness (QED) is 0.611. The Balaban J connectivity index is 2.85. The molecule has 0 fully saturated rings. The van der Waals surface area contributed by atoms with E-state index in [1.165, 1.54) is 18.4 Å². The van der Waals surface area contributed by atoms with Crippen molar-refractivity contribution in [2.45, 2.75) is 26.2 Å². The number of hydrogen-bond acceptors (Lipinski definition) is 6. The maximum atomic E-state index is 11.5. The van der Waals surface area contributed by atoms with Crippen molar-refractivity contribution in [2.24, 2.45) is 0 Å². The first-order chi connectivity index (χ1) is 8.65. The van der Waals surface area contributed by atoms with Crippen LogP contribution in [0.15, 0.2) is 0 Å². The molecule has 0 radical (unpaired) electrons. The van der Waals surface area contributed by atoms with Gasteiger partial charge in [-0.3, -0.25) is 0 Å². The number of methoxy groups -OCH3 is 1. The Morgan fingerprint density at radius 1 is 1.56 bits per heavy atom. The molecule has 0 bridgehead atoms. The van der Waals surface area contributed by atoms with Gasteiger partial charge >= 0.3 is 5.97 Å². The van der Waals surface area contributed by atoms with Crippen molar-refractivity contribution in [1.29, 1.82) is 5.26 Å². The van der Waals surface area contributed by atoms with Crippen LogP contribution in [0, 0.1) is 11.3 Å². The number of nitrogen functional groups attached to an aromatic ring is 1. The van der Waals surface area contributed by atoms with Crippen LogP contribution in [0.1, 0.15) is 41.4 Å². The van der Waals surface area contributed by atoms with Gasteiger partial charge in [-0.05, 0) is 6.42 Å². The van der Waals surface area contributed by atoms with Crippen molar-refractivity contribution in [3.63, 3.8) is 0 Å². The van der Waals surface area contributed by atoms with Gasteiger partial charge in [-0.25, -0.2) is 4.79 Å². The molecule has 0 saturated heterocycles. The van der Waals surface area contributed by atoms with Gasteiger partial charge in [0, 0.05) is 6.54 Å². The molecular weight excluding hydrogens is 250 g/mol. The topological polar surface area (TPSA) is 88.1 Å². The average Bonchev–Trinajstić information content (AvgIpc) is 2.70. The predicted molar refractivity (Wildman–Crippen MR) is 72.8 cm³/mol. The zero-order valence-electron chi connectivity index (χ0n) is 10.6. The van der Waals surface area contributed by atoms with E-state index in [-0.39, 0.29) is 10.6 Å². The van der Waals surface area contributed by atoms with E-state index in [0.717, 1.165) is 25.8 Å². The van der Waals surface area contributed by atoms with Crippen molar-refractivity contribution in [1.82, 2.24) is 0 Å². The zero-order valence-corrected chi connectivity index (χ0v) is 11.4. The summed E-state index contributed by atoms with van der Waals surface area (Å²) in [6, 6.07) is 2.02. The molecule has 98 valence electrons. The van der Waals surface area contributed by atoms with E-state index in [2.05, 4.69) is 17.0 Å². The average molecular weight is 267 g/mol. The lowest BCUT2D eigenvalue weighted by molar-refractivity contribution is 0.0607. The highest BCUT2D eigenvalue weighted by Crippen LogP contribution is 2.35. The fraction of sp³-hybridized carbons (Fsp3) is 0.500. The molecule has 5 nitrogen and oxygen atoms in total. The molecule has 0 aliphatic carbocycles. The van der Waals surface area contributed by atoms with Crippen molar-refractivity contribution in [3.05, 3.63) is 10.4 Å². The van der Waals surface area contributed by atoms with Gasteiger partial charge in [-0.1, -0.05) is 19.8 Å². The van der Waals surface area contributed by atoms with E-state index in [1.54, 1.807) is 0 Å². The number of hydrogen-bond donors (Lipinski definition) is 2. The first kappa shape index (κ1) is 14.3. The molecule has 1 heterocycles. The Bertz CT molecular complexity index is 463. The van der Waals surface area contributed by atoms with Gasteiger partial charge in [0.2, 0.25) is 0 Å². The molecule has 0 unspecified atom stereocenters. The Morgan fingerprint density at radius 3 is 2.83 bits per heavy atom. The predicted octanol–water partition coefficient (Wildman–Crippen LogP) is 2.59. The first-order valence-electron chi connectivity index (χ1n) is 5.80. The number of thiophene rings is 1.